The van der Waals surface area contributed by atoms with Crippen LogP contribution in [0.25, 0.3) is 0 Å². The highest BCUT2D eigenvalue weighted by molar-refractivity contribution is 9.10. The van der Waals surface area contributed by atoms with Gasteiger partial charge in [0.25, 0.3) is 0 Å². The van der Waals surface area contributed by atoms with Crippen LogP contribution >= 0.6 is 15.9 Å². The van der Waals surface area contributed by atoms with Crippen molar-refractivity contribution in [1.29, 1.82) is 0 Å². The lowest BCUT2D eigenvalue weighted by Crippen LogP contribution is -2.45. The number of nitrogens with one attached hydrogen (secondary N) is 1. The number of halogens is 1. The van der Waals surface area contributed by atoms with Crippen molar-refractivity contribution in [2.75, 3.05) is 13.7 Å². The fourth-order valence-corrected chi connectivity index (χ4v) is 2.57. The minimum Gasteiger partial charge on any atom is -0.497 e. The fraction of sp³-hybridized carbons (Fsp3) is 0.667. The minimum absolute atomic E-state index is 0.141. The van der Waals surface area contributed by atoms with Gasteiger partial charge in [-0.2, -0.15) is 0 Å². The van der Waals surface area contributed by atoms with Crippen LogP contribution in [0.5, 0.6) is 5.75 Å². The van der Waals surface area contributed by atoms with Crippen LogP contribution in [0.4, 0.5) is 0 Å². The Bertz CT molecular complexity index is 465. The quantitative estimate of drug-likeness (QED) is 0.770. The number of methoxy groups -OCH3 is 1. The molecule has 0 saturated heterocycles. The van der Waals surface area contributed by atoms with Crippen LogP contribution in [0.1, 0.15) is 47.1 Å². The van der Waals surface area contributed by atoms with E-state index in [-0.39, 0.29) is 11.0 Å². The molecule has 21 heavy (non-hydrogen) atoms. The first-order chi connectivity index (χ1) is 9.57. The summed E-state index contributed by atoms with van der Waals surface area (Å²) in [5.41, 5.74) is 1.64. The van der Waals surface area contributed by atoms with Gasteiger partial charge in [-0.1, -0.05) is 36.7 Å². The summed E-state index contributed by atoms with van der Waals surface area (Å²) in [6.45, 7) is 14.6. The summed E-state index contributed by atoms with van der Waals surface area (Å²) >= 11 is 3.68. The zero-order valence-electron chi connectivity index (χ0n) is 14.5. The summed E-state index contributed by atoms with van der Waals surface area (Å²) in [5, 5.41) is 3.67. The molecule has 0 aliphatic rings. The summed E-state index contributed by atoms with van der Waals surface area (Å²) in [4.78, 5) is 0. The third-order valence-electron chi connectivity index (χ3n) is 4.26. The second-order valence-corrected chi connectivity index (χ2v) is 8.40. The van der Waals surface area contributed by atoms with Gasteiger partial charge >= 0.3 is 0 Å². The van der Waals surface area contributed by atoms with Gasteiger partial charge in [0.15, 0.2) is 0 Å². The lowest BCUT2D eigenvalue weighted by atomic mass is 9.74. The summed E-state index contributed by atoms with van der Waals surface area (Å²) in [6.07, 6.45) is 1.02. The van der Waals surface area contributed by atoms with Gasteiger partial charge in [-0.3, -0.25) is 0 Å². The first-order valence-corrected chi connectivity index (χ1v) is 8.44. The number of ether oxygens (including phenoxy) is 1. The van der Waals surface area contributed by atoms with Gasteiger partial charge in [0, 0.05) is 16.6 Å². The molecule has 0 amide bonds. The largest absolute Gasteiger partial charge is 0.497 e. The molecule has 2 nitrogen and oxygen atoms in total. The van der Waals surface area contributed by atoms with Crippen LogP contribution in [-0.2, 0) is 6.42 Å². The molecule has 1 aromatic rings. The molecule has 1 N–H and O–H groups in total. The number of hydrogen-bond donors (Lipinski definition) is 1. The molecule has 0 aromatic heterocycles. The van der Waals surface area contributed by atoms with Crippen LogP contribution in [0, 0.1) is 11.3 Å². The normalized spacial score (nSPS) is 15.1. The fourth-order valence-electron chi connectivity index (χ4n) is 2.19. The van der Waals surface area contributed by atoms with E-state index in [2.05, 4.69) is 74.9 Å². The van der Waals surface area contributed by atoms with Crippen LogP contribution in [0.2, 0.25) is 0 Å². The number of benzene rings is 1. The lowest BCUT2D eigenvalue weighted by molar-refractivity contribution is 0.187. The van der Waals surface area contributed by atoms with Gasteiger partial charge in [-0.25, -0.2) is 0 Å². The maximum Gasteiger partial charge on any atom is 0.119 e. The smallest absolute Gasteiger partial charge is 0.119 e. The molecule has 0 heterocycles. The Morgan fingerprint density at radius 3 is 2.29 bits per heavy atom. The Hall–Kier alpha value is -0.540. The first kappa shape index (κ1) is 18.5. The van der Waals surface area contributed by atoms with E-state index in [0.717, 1.165) is 23.2 Å². The highest BCUT2D eigenvalue weighted by Crippen LogP contribution is 2.35. The number of rotatable bonds is 6. The van der Waals surface area contributed by atoms with Gasteiger partial charge in [-0.15, -0.1) is 0 Å². The predicted octanol–water partition coefficient (Wildman–Crippen LogP) is 5.05. The van der Waals surface area contributed by atoms with Crippen LogP contribution < -0.4 is 10.1 Å². The molecule has 0 radical (unpaired) electrons. The van der Waals surface area contributed by atoms with Crippen molar-refractivity contribution in [2.24, 2.45) is 11.3 Å². The van der Waals surface area contributed by atoms with Crippen molar-refractivity contribution >= 4 is 15.9 Å². The Morgan fingerprint density at radius 1 is 1.19 bits per heavy atom. The molecule has 1 rings (SSSR count). The maximum atomic E-state index is 5.36. The summed E-state index contributed by atoms with van der Waals surface area (Å²) in [7, 11) is 1.72. The standard InChI is InChI=1S/C18H30BrNO/c1-13(2)18(6,12-20-17(3,4)5)11-14-10-15(21-7)8-9-16(14)19/h8-10,13,20H,11-12H2,1-7H3. The highest BCUT2D eigenvalue weighted by atomic mass is 79.9. The van der Waals surface area contributed by atoms with E-state index in [4.69, 9.17) is 4.74 Å². The van der Waals surface area contributed by atoms with Crippen molar-refractivity contribution < 1.29 is 4.74 Å². The van der Waals surface area contributed by atoms with Crippen LogP contribution in [0.3, 0.4) is 0 Å². The third kappa shape index (κ3) is 5.63. The first-order valence-electron chi connectivity index (χ1n) is 7.65. The highest BCUT2D eigenvalue weighted by Gasteiger charge is 2.30. The van der Waals surface area contributed by atoms with Crippen molar-refractivity contribution in [2.45, 2.75) is 53.5 Å². The molecule has 0 bridgehead atoms. The van der Waals surface area contributed by atoms with Crippen molar-refractivity contribution in [3.63, 3.8) is 0 Å². The SMILES string of the molecule is COc1ccc(Br)c(CC(C)(CNC(C)(C)C)C(C)C)c1. The van der Waals surface area contributed by atoms with E-state index in [1.54, 1.807) is 7.11 Å². The summed E-state index contributed by atoms with van der Waals surface area (Å²) in [5.74, 6) is 1.51. The Morgan fingerprint density at radius 2 is 1.81 bits per heavy atom. The van der Waals surface area contributed by atoms with Crippen molar-refractivity contribution in [3.05, 3.63) is 28.2 Å². The zero-order valence-corrected chi connectivity index (χ0v) is 16.1. The van der Waals surface area contributed by atoms with Gasteiger partial charge in [0.05, 0.1) is 7.11 Å². The molecule has 0 aliphatic carbocycles. The van der Waals surface area contributed by atoms with E-state index < -0.39 is 0 Å². The number of hydrogen-bond acceptors (Lipinski definition) is 2. The average molecular weight is 356 g/mol. The molecule has 1 atom stereocenters. The summed E-state index contributed by atoms with van der Waals surface area (Å²) < 4.78 is 6.52. The predicted molar refractivity (Wildman–Crippen MR) is 95.1 cm³/mol. The van der Waals surface area contributed by atoms with Gasteiger partial charge in [-0.05, 0) is 62.3 Å². The Balaban J connectivity index is 2.97. The summed E-state index contributed by atoms with van der Waals surface area (Å²) in [6, 6.07) is 6.21. The van der Waals surface area contributed by atoms with Crippen molar-refractivity contribution in [3.8, 4) is 5.75 Å². The molecule has 1 aromatic carbocycles. The zero-order chi connectivity index (χ0) is 16.3. The van der Waals surface area contributed by atoms with Crippen LogP contribution in [0.15, 0.2) is 22.7 Å². The average Bonchev–Trinajstić information content (AvgIpc) is 2.38. The minimum atomic E-state index is 0.141. The second-order valence-electron chi connectivity index (χ2n) is 7.55. The van der Waals surface area contributed by atoms with Gasteiger partial charge < -0.3 is 10.1 Å². The molecule has 1 unspecified atom stereocenters. The topological polar surface area (TPSA) is 21.3 Å². The van der Waals surface area contributed by atoms with E-state index >= 15 is 0 Å². The molecule has 3 heteroatoms. The van der Waals surface area contributed by atoms with E-state index in [1.807, 2.05) is 6.07 Å². The van der Waals surface area contributed by atoms with Crippen molar-refractivity contribution in [1.82, 2.24) is 5.32 Å². The Labute approximate surface area is 138 Å². The molecule has 0 saturated carbocycles. The second kappa shape index (κ2) is 7.15. The van der Waals surface area contributed by atoms with E-state index in [1.165, 1.54) is 5.56 Å². The molecular weight excluding hydrogens is 326 g/mol. The van der Waals surface area contributed by atoms with Crippen LogP contribution in [-0.4, -0.2) is 19.2 Å². The molecule has 0 fully saturated rings. The molecule has 0 aliphatic heterocycles. The molecular formula is C18H30BrNO. The third-order valence-corrected chi connectivity index (χ3v) is 5.04. The maximum absolute atomic E-state index is 5.36. The van der Waals surface area contributed by atoms with Gasteiger partial charge in [0.2, 0.25) is 0 Å². The lowest BCUT2D eigenvalue weighted by Gasteiger charge is -2.37. The monoisotopic (exact) mass is 355 g/mol. The van der Waals surface area contributed by atoms with E-state index in [9.17, 15) is 0 Å². The van der Waals surface area contributed by atoms with Gasteiger partial charge in [0.1, 0.15) is 5.75 Å². The Kier molecular flexibility index (Phi) is 6.30. The molecule has 120 valence electrons. The molecule has 0 spiro atoms. The van der Waals surface area contributed by atoms with E-state index in [0.29, 0.717) is 5.92 Å².